The quantitative estimate of drug-likeness (QED) is 0.728. The van der Waals surface area contributed by atoms with Crippen LogP contribution in [0.15, 0.2) is 12.2 Å². The second-order valence-corrected chi connectivity index (χ2v) is 6.32. The third-order valence-electron chi connectivity index (χ3n) is 2.46. The second-order valence-electron chi connectivity index (χ2n) is 6.32. The zero-order valence-electron chi connectivity index (χ0n) is 12.6. The number of carbonyl (C=O) groups is 2. The Morgan fingerprint density at radius 3 is 2.26 bits per heavy atom. The number of likely N-dealkylation sites (N-methyl/N-ethyl adjacent to an activating group) is 1. The minimum absolute atomic E-state index is 0.0413. The molecule has 2 amide bonds. The molecule has 1 unspecified atom stereocenters. The van der Waals surface area contributed by atoms with Gasteiger partial charge in [-0.2, -0.15) is 0 Å². The molecular weight excluding hydrogens is 244 g/mol. The van der Waals surface area contributed by atoms with Crippen molar-refractivity contribution < 1.29 is 14.7 Å². The Labute approximate surface area is 115 Å². The Kier molecular flexibility index (Phi) is 6.59. The van der Waals surface area contributed by atoms with Crippen molar-refractivity contribution in [1.29, 1.82) is 0 Å². The predicted molar refractivity (Wildman–Crippen MR) is 76.1 cm³/mol. The molecule has 0 aromatic heterocycles. The minimum Gasteiger partial charge on any atom is -0.481 e. The minimum atomic E-state index is -0.905. The van der Waals surface area contributed by atoms with E-state index in [1.807, 2.05) is 27.7 Å². The van der Waals surface area contributed by atoms with Crippen LogP contribution in [0.5, 0.6) is 0 Å². The highest BCUT2D eigenvalue weighted by Gasteiger charge is 2.23. The number of aliphatic carboxylic acids is 1. The van der Waals surface area contributed by atoms with Gasteiger partial charge in [0.1, 0.15) is 0 Å². The van der Waals surface area contributed by atoms with Crippen molar-refractivity contribution in [3.63, 3.8) is 0 Å². The predicted octanol–water partition coefficient (Wildman–Crippen LogP) is 2.48. The maximum atomic E-state index is 11.9. The Balaban J connectivity index is 4.58. The van der Waals surface area contributed by atoms with E-state index in [4.69, 9.17) is 5.11 Å². The van der Waals surface area contributed by atoms with Crippen LogP contribution >= 0.6 is 0 Å². The SMILES string of the molecule is C=C(C)CN(C)C(=O)NC(CC(=O)O)CC(C)(C)C. The van der Waals surface area contributed by atoms with E-state index >= 15 is 0 Å². The number of urea groups is 1. The summed E-state index contributed by atoms with van der Waals surface area (Å²) in [7, 11) is 1.67. The van der Waals surface area contributed by atoms with Gasteiger partial charge in [-0.25, -0.2) is 4.79 Å². The van der Waals surface area contributed by atoms with Crippen molar-refractivity contribution in [3.05, 3.63) is 12.2 Å². The maximum absolute atomic E-state index is 11.9. The van der Waals surface area contributed by atoms with Gasteiger partial charge in [0.15, 0.2) is 0 Å². The van der Waals surface area contributed by atoms with Crippen LogP contribution in [0.25, 0.3) is 0 Å². The van der Waals surface area contributed by atoms with E-state index in [1.165, 1.54) is 4.90 Å². The van der Waals surface area contributed by atoms with Crippen molar-refractivity contribution in [2.24, 2.45) is 5.41 Å². The first-order chi connectivity index (χ1) is 8.51. The Morgan fingerprint density at radius 2 is 1.89 bits per heavy atom. The summed E-state index contributed by atoms with van der Waals surface area (Å²) in [5, 5.41) is 11.7. The van der Waals surface area contributed by atoms with Gasteiger partial charge in [0.2, 0.25) is 0 Å². The number of carbonyl (C=O) groups excluding carboxylic acids is 1. The molecule has 0 aliphatic rings. The van der Waals surface area contributed by atoms with Gasteiger partial charge < -0.3 is 15.3 Å². The van der Waals surface area contributed by atoms with Crippen LogP contribution < -0.4 is 5.32 Å². The molecule has 0 rings (SSSR count). The Hall–Kier alpha value is -1.52. The lowest BCUT2D eigenvalue weighted by Gasteiger charge is -2.28. The molecule has 0 heterocycles. The molecule has 0 aromatic rings. The van der Waals surface area contributed by atoms with Gasteiger partial charge in [-0.15, -0.1) is 0 Å². The molecule has 110 valence electrons. The number of rotatable bonds is 6. The Morgan fingerprint density at radius 1 is 1.37 bits per heavy atom. The zero-order chi connectivity index (χ0) is 15.2. The molecule has 0 saturated heterocycles. The molecule has 0 radical (unpaired) electrons. The van der Waals surface area contributed by atoms with E-state index in [-0.39, 0.29) is 23.9 Å². The van der Waals surface area contributed by atoms with E-state index in [9.17, 15) is 9.59 Å². The first kappa shape index (κ1) is 17.5. The fraction of sp³-hybridized carbons (Fsp3) is 0.714. The smallest absolute Gasteiger partial charge is 0.317 e. The highest BCUT2D eigenvalue weighted by atomic mass is 16.4. The summed E-state index contributed by atoms with van der Waals surface area (Å²) in [6, 6.07) is -0.629. The summed E-state index contributed by atoms with van der Waals surface area (Å²) in [6.45, 7) is 12.1. The van der Waals surface area contributed by atoms with Crippen LogP contribution in [0.3, 0.4) is 0 Å². The molecule has 0 aliphatic carbocycles. The average Bonchev–Trinajstić information content (AvgIpc) is 2.11. The van der Waals surface area contributed by atoms with Gasteiger partial charge >= 0.3 is 12.0 Å². The van der Waals surface area contributed by atoms with Gasteiger partial charge in [-0.05, 0) is 18.8 Å². The van der Waals surface area contributed by atoms with Crippen LogP contribution in [0.4, 0.5) is 4.79 Å². The molecule has 1 atom stereocenters. The van der Waals surface area contributed by atoms with E-state index in [1.54, 1.807) is 7.05 Å². The number of nitrogens with one attached hydrogen (secondary N) is 1. The molecule has 0 bridgehead atoms. The lowest BCUT2D eigenvalue weighted by Crippen LogP contribution is -2.45. The van der Waals surface area contributed by atoms with Crippen LogP contribution in [-0.2, 0) is 4.79 Å². The molecule has 19 heavy (non-hydrogen) atoms. The van der Waals surface area contributed by atoms with Crippen LogP contribution in [0.2, 0.25) is 0 Å². The van der Waals surface area contributed by atoms with Crippen molar-refractivity contribution in [2.75, 3.05) is 13.6 Å². The average molecular weight is 270 g/mol. The van der Waals surface area contributed by atoms with Crippen molar-refractivity contribution in [1.82, 2.24) is 10.2 Å². The maximum Gasteiger partial charge on any atom is 0.317 e. The summed E-state index contributed by atoms with van der Waals surface area (Å²) in [4.78, 5) is 24.3. The van der Waals surface area contributed by atoms with Crippen molar-refractivity contribution in [3.8, 4) is 0 Å². The lowest BCUT2D eigenvalue weighted by atomic mass is 9.87. The summed E-state index contributed by atoms with van der Waals surface area (Å²) in [5.74, 6) is -0.905. The monoisotopic (exact) mass is 270 g/mol. The highest BCUT2D eigenvalue weighted by molar-refractivity contribution is 5.75. The number of hydrogen-bond donors (Lipinski definition) is 2. The molecule has 5 nitrogen and oxygen atoms in total. The normalized spacial score (nSPS) is 12.7. The largest absolute Gasteiger partial charge is 0.481 e. The molecule has 0 spiro atoms. The molecule has 2 N–H and O–H groups in total. The van der Waals surface area contributed by atoms with E-state index in [0.717, 1.165) is 5.57 Å². The summed E-state index contributed by atoms with van der Waals surface area (Å²) in [6.07, 6.45) is 0.551. The first-order valence-corrected chi connectivity index (χ1v) is 6.39. The molecule has 0 saturated carbocycles. The Bertz CT molecular complexity index is 345. The number of nitrogens with zero attached hydrogens (tertiary/aromatic N) is 1. The first-order valence-electron chi connectivity index (χ1n) is 6.39. The summed E-state index contributed by atoms with van der Waals surface area (Å²) < 4.78 is 0. The topological polar surface area (TPSA) is 69.6 Å². The molecule has 0 fully saturated rings. The summed E-state index contributed by atoms with van der Waals surface area (Å²) >= 11 is 0. The third-order valence-corrected chi connectivity index (χ3v) is 2.46. The third kappa shape index (κ3) is 9.11. The number of carboxylic acids is 1. The van der Waals surface area contributed by atoms with E-state index in [2.05, 4.69) is 11.9 Å². The van der Waals surface area contributed by atoms with Gasteiger partial charge in [0.25, 0.3) is 0 Å². The highest BCUT2D eigenvalue weighted by Crippen LogP contribution is 2.22. The van der Waals surface area contributed by atoms with Crippen LogP contribution in [0, 0.1) is 5.41 Å². The van der Waals surface area contributed by atoms with Gasteiger partial charge in [-0.1, -0.05) is 32.9 Å². The van der Waals surface area contributed by atoms with E-state index < -0.39 is 5.97 Å². The van der Waals surface area contributed by atoms with Gasteiger partial charge in [0, 0.05) is 19.6 Å². The molecular formula is C14H26N2O3. The second kappa shape index (κ2) is 7.16. The number of carboxylic acid groups (broad SMARTS) is 1. The van der Waals surface area contributed by atoms with E-state index in [0.29, 0.717) is 13.0 Å². The van der Waals surface area contributed by atoms with Crippen molar-refractivity contribution in [2.45, 2.75) is 46.6 Å². The molecule has 0 aliphatic heterocycles. The number of amides is 2. The lowest BCUT2D eigenvalue weighted by molar-refractivity contribution is -0.137. The fourth-order valence-electron chi connectivity index (χ4n) is 1.89. The van der Waals surface area contributed by atoms with Gasteiger partial charge in [0.05, 0.1) is 6.42 Å². The van der Waals surface area contributed by atoms with Crippen LogP contribution in [-0.4, -0.2) is 41.6 Å². The van der Waals surface area contributed by atoms with Crippen LogP contribution in [0.1, 0.15) is 40.5 Å². The zero-order valence-corrected chi connectivity index (χ0v) is 12.6. The molecule has 0 aromatic carbocycles. The summed E-state index contributed by atoms with van der Waals surface area (Å²) in [5.41, 5.74) is 0.837. The fourth-order valence-corrected chi connectivity index (χ4v) is 1.89. The molecule has 5 heteroatoms. The van der Waals surface area contributed by atoms with Gasteiger partial charge in [-0.3, -0.25) is 4.79 Å². The standard InChI is InChI=1S/C14H26N2O3/c1-10(2)9-16(6)13(19)15-11(7-12(17)18)8-14(3,4)5/h11H,1,7-9H2,2-6H3,(H,15,19)(H,17,18). The number of hydrogen-bond acceptors (Lipinski definition) is 2. The van der Waals surface area contributed by atoms with Crippen molar-refractivity contribution >= 4 is 12.0 Å².